The van der Waals surface area contributed by atoms with Crippen LogP contribution in [-0.2, 0) is 14.8 Å². The van der Waals surface area contributed by atoms with Gasteiger partial charge in [0.15, 0.2) is 6.61 Å². The molecule has 2 aromatic rings. The first-order chi connectivity index (χ1) is 13.9. The molecular weight excluding hydrogens is 395 g/mol. The van der Waals surface area contributed by atoms with Gasteiger partial charge in [0.1, 0.15) is 11.6 Å². The second-order valence-corrected chi connectivity index (χ2v) is 9.00. The minimum absolute atomic E-state index is 0.205. The first-order valence-electron chi connectivity index (χ1n) is 9.65. The molecule has 8 heteroatoms. The Labute approximate surface area is 170 Å². The van der Waals surface area contributed by atoms with E-state index in [0.29, 0.717) is 30.1 Å². The smallest absolute Gasteiger partial charge is 0.262 e. The maximum Gasteiger partial charge on any atom is 0.262 e. The molecule has 1 aliphatic rings. The number of nitrogens with one attached hydrogen (secondary N) is 1. The van der Waals surface area contributed by atoms with Crippen LogP contribution < -0.4 is 10.1 Å². The van der Waals surface area contributed by atoms with E-state index >= 15 is 0 Å². The lowest BCUT2D eigenvalue weighted by molar-refractivity contribution is -0.118. The predicted molar refractivity (Wildman–Crippen MR) is 109 cm³/mol. The summed E-state index contributed by atoms with van der Waals surface area (Å²) in [5.74, 6) is -0.453. The number of rotatable bonds is 6. The number of hydrogen-bond donors (Lipinski definition) is 1. The van der Waals surface area contributed by atoms with Gasteiger partial charge in [-0.2, -0.15) is 4.31 Å². The van der Waals surface area contributed by atoms with Gasteiger partial charge in [0.25, 0.3) is 5.91 Å². The second-order valence-electron chi connectivity index (χ2n) is 7.09. The van der Waals surface area contributed by atoms with Gasteiger partial charge in [0, 0.05) is 18.8 Å². The first kappa shape index (κ1) is 21.3. The zero-order valence-electron chi connectivity index (χ0n) is 16.4. The van der Waals surface area contributed by atoms with Crippen LogP contribution in [0.4, 0.5) is 10.1 Å². The standard InChI is InChI=1S/C21H25FN2O4S/c1-16-6-9-18(23-21(25)15-28-19-10-7-17(22)8-11-19)14-20(16)29(26,27)24-12-4-2-3-5-13-24/h6-11,14H,2-5,12-13,15H2,1H3,(H,23,25). The van der Waals surface area contributed by atoms with Gasteiger partial charge in [-0.05, 0) is 61.7 Å². The molecule has 1 N–H and O–H groups in total. The molecule has 3 rings (SSSR count). The van der Waals surface area contributed by atoms with E-state index in [0.717, 1.165) is 25.7 Å². The number of hydrogen-bond acceptors (Lipinski definition) is 4. The SMILES string of the molecule is Cc1ccc(NC(=O)COc2ccc(F)cc2)cc1S(=O)(=O)N1CCCCCC1. The van der Waals surface area contributed by atoms with Gasteiger partial charge in [0.2, 0.25) is 10.0 Å². The van der Waals surface area contributed by atoms with Crippen LogP contribution in [0.25, 0.3) is 0 Å². The Morgan fingerprint density at radius 2 is 1.72 bits per heavy atom. The van der Waals surface area contributed by atoms with E-state index in [1.807, 2.05) is 0 Å². The first-order valence-corrected chi connectivity index (χ1v) is 11.1. The topological polar surface area (TPSA) is 75.7 Å². The molecule has 0 radical (unpaired) electrons. The lowest BCUT2D eigenvalue weighted by Gasteiger charge is -2.21. The summed E-state index contributed by atoms with van der Waals surface area (Å²) in [6.07, 6.45) is 3.79. The normalized spacial score (nSPS) is 15.5. The lowest BCUT2D eigenvalue weighted by atomic mass is 10.2. The summed E-state index contributed by atoms with van der Waals surface area (Å²) in [5.41, 5.74) is 1.02. The van der Waals surface area contributed by atoms with Crippen molar-refractivity contribution in [2.45, 2.75) is 37.5 Å². The largest absolute Gasteiger partial charge is 0.484 e. The molecule has 6 nitrogen and oxygen atoms in total. The van der Waals surface area contributed by atoms with E-state index in [1.54, 1.807) is 19.1 Å². The summed E-state index contributed by atoms with van der Waals surface area (Å²) in [6, 6.07) is 10.2. The van der Waals surface area contributed by atoms with Crippen molar-refractivity contribution in [2.75, 3.05) is 25.0 Å². The molecule has 1 fully saturated rings. The quantitative estimate of drug-likeness (QED) is 0.773. The highest BCUT2D eigenvalue weighted by Crippen LogP contribution is 2.26. The van der Waals surface area contributed by atoms with E-state index < -0.39 is 15.9 Å². The fraction of sp³-hybridized carbons (Fsp3) is 0.381. The van der Waals surface area contributed by atoms with Gasteiger partial charge < -0.3 is 10.1 Å². The summed E-state index contributed by atoms with van der Waals surface area (Å²) >= 11 is 0. The molecule has 1 saturated heterocycles. The van der Waals surface area contributed by atoms with Gasteiger partial charge in [0.05, 0.1) is 4.90 Å². The Balaban J connectivity index is 1.69. The average Bonchev–Trinajstić information content (AvgIpc) is 2.99. The summed E-state index contributed by atoms with van der Waals surface area (Å²) < 4.78 is 46.0. The fourth-order valence-corrected chi connectivity index (χ4v) is 5.02. The van der Waals surface area contributed by atoms with Crippen LogP contribution in [0.1, 0.15) is 31.2 Å². The van der Waals surface area contributed by atoms with Gasteiger partial charge in [-0.3, -0.25) is 4.79 Å². The van der Waals surface area contributed by atoms with Crippen LogP contribution >= 0.6 is 0 Å². The highest BCUT2D eigenvalue weighted by molar-refractivity contribution is 7.89. The van der Waals surface area contributed by atoms with Crippen LogP contribution in [-0.4, -0.2) is 38.3 Å². The maximum atomic E-state index is 13.1. The molecule has 1 heterocycles. The van der Waals surface area contributed by atoms with Crippen LogP contribution in [0.3, 0.4) is 0 Å². The number of halogens is 1. The molecule has 1 amide bonds. The summed E-state index contributed by atoms with van der Waals surface area (Å²) in [6.45, 7) is 2.51. The Morgan fingerprint density at radius 3 is 2.38 bits per heavy atom. The van der Waals surface area contributed by atoms with Gasteiger partial charge >= 0.3 is 0 Å². The van der Waals surface area contributed by atoms with Gasteiger partial charge in [-0.15, -0.1) is 0 Å². The number of aryl methyl sites for hydroxylation is 1. The second kappa shape index (κ2) is 9.37. The van der Waals surface area contributed by atoms with Crippen LogP contribution in [0.15, 0.2) is 47.4 Å². The van der Waals surface area contributed by atoms with E-state index in [-0.39, 0.29) is 17.3 Å². The maximum absolute atomic E-state index is 13.1. The van der Waals surface area contributed by atoms with Crippen molar-refractivity contribution >= 4 is 21.6 Å². The lowest BCUT2D eigenvalue weighted by Crippen LogP contribution is -2.32. The Morgan fingerprint density at radius 1 is 1.07 bits per heavy atom. The number of ether oxygens (including phenoxy) is 1. The summed E-state index contributed by atoms with van der Waals surface area (Å²) in [4.78, 5) is 12.4. The minimum Gasteiger partial charge on any atom is -0.484 e. The zero-order chi connectivity index (χ0) is 20.9. The van der Waals surface area contributed by atoms with E-state index in [2.05, 4.69) is 5.32 Å². The molecule has 0 saturated carbocycles. The van der Waals surface area contributed by atoms with Gasteiger partial charge in [-0.25, -0.2) is 12.8 Å². The zero-order valence-corrected chi connectivity index (χ0v) is 17.2. The van der Waals surface area contributed by atoms with Crippen molar-refractivity contribution in [3.63, 3.8) is 0 Å². The van der Waals surface area contributed by atoms with Crippen molar-refractivity contribution in [3.8, 4) is 5.75 Å². The number of benzene rings is 2. The molecule has 0 aromatic heterocycles. The van der Waals surface area contributed by atoms with Crippen molar-refractivity contribution in [3.05, 3.63) is 53.8 Å². The molecule has 0 atom stereocenters. The molecule has 156 valence electrons. The van der Waals surface area contributed by atoms with Crippen LogP contribution in [0.5, 0.6) is 5.75 Å². The summed E-state index contributed by atoms with van der Waals surface area (Å²) in [5, 5.41) is 2.66. The van der Waals surface area contributed by atoms with Crippen LogP contribution in [0, 0.1) is 12.7 Å². The molecule has 0 spiro atoms. The molecule has 0 bridgehead atoms. The van der Waals surface area contributed by atoms with Crippen molar-refractivity contribution in [2.24, 2.45) is 0 Å². The average molecular weight is 421 g/mol. The summed E-state index contributed by atoms with van der Waals surface area (Å²) in [7, 11) is -3.62. The number of carbonyl (C=O) groups is 1. The molecule has 0 aliphatic carbocycles. The third-order valence-electron chi connectivity index (χ3n) is 4.84. The van der Waals surface area contributed by atoms with E-state index in [1.165, 1.54) is 34.6 Å². The molecular formula is C21H25FN2O4S. The fourth-order valence-electron chi connectivity index (χ4n) is 3.25. The number of sulfonamides is 1. The minimum atomic E-state index is -3.62. The van der Waals surface area contributed by atoms with Crippen molar-refractivity contribution in [1.82, 2.24) is 4.31 Å². The number of carbonyl (C=O) groups excluding carboxylic acids is 1. The number of anilines is 1. The third-order valence-corrected chi connectivity index (χ3v) is 6.88. The Hall–Kier alpha value is -2.45. The molecule has 1 aliphatic heterocycles. The molecule has 0 unspecified atom stereocenters. The Bertz CT molecular complexity index is 953. The highest BCUT2D eigenvalue weighted by Gasteiger charge is 2.27. The van der Waals surface area contributed by atoms with Gasteiger partial charge in [-0.1, -0.05) is 18.9 Å². The highest BCUT2D eigenvalue weighted by atomic mass is 32.2. The van der Waals surface area contributed by atoms with Crippen LogP contribution in [0.2, 0.25) is 0 Å². The van der Waals surface area contributed by atoms with Crippen molar-refractivity contribution < 1.29 is 22.3 Å². The Kier molecular flexibility index (Phi) is 6.87. The van der Waals surface area contributed by atoms with Crippen molar-refractivity contribution in [1.29, 1.82) is 0 Å². The van der Waals surface area contributed by atoms with E-state index in [4.69, 9.17) is 4.74 Å². The number of nitrogens with zero attached hydrogens (tertiary/aromatic N) is 1. The molecule has 2 aromatic carbocycles. The monoisotopic (exact) mass is 420 g/mol. The van der Waals surface area contributed by atoms with E-state index in [9.17, 15) is 17.6 Å². The third kappa shape index (κ3) is 5.55. The number of amides is 1. The predicted octanol–water partition coefficient (Wildman–Crippen LogP) is 3.72. The molecule has 29 heavy (non-hydrogen) atoms.